The lowest BCUT2D eigenvalue weighted by atomic mass is 9.59. The van der Waals surface area contributed by atoms with E-state index < -0.39 is 5.60 Å². The van der Waals surface area contributed by atoms with Gasteiger partial charge in [-0.05, 0) is 93.0 Å². The lowest BCUT2D eigenvalue weighted by Crippen LogP contribution is -2.45. The van der Waals surface area contributed by atoms with Crippen molar-refractivity contribution in [3.63, 3.8) is 0 Å². The molecule has 2 heteroatoms. The molecule has 6 atom stereocenters. The molecule has 0 radical (unpaired) electrons. The Morgan fingerprint density at radius 3 is 2.67 bits per heavy atom. The van der Waals surface area contributed by atoms with Crippen LogP contribution in [0, 0.1) is 29.1 Å². The van der Waals surface area contributed by atoms with Crippen molar-refractivity contribution >= 4 is 0 Å². The van der Waals surface area contributed by atoms with E-state index in [0.29, 0.717) is 23.7 Å². The van der Waals surface area contributed by atoms with Crippen molar-refractivity contribution < 1.29 is 10.2 Å². The van der Waals surface area contributed by atoms with Crippen LogP contribution in [0.25, 0.3) is 0 Å². The van der Waals surface area contributed by atoms with Gasteiger partial charge in [0.2, 0.25) is 0 Å². The molecule has 30 heavy (non-hydrogen) atoms. The molecule has 3 aliphatic carbocycles. The summed E-state index contributed by atoms with van der Waals surface area (Å²) in [6.45, 7) is 15.5. The highest BCUT2D eigenvalue weighted by atomic mass is 16.3. The highest BCUT2D eigenvalue weighted by molar-refractivity contribution is 5.36. The second kappa shape index (κ2) is 9.33. The molecule has 0 aromatic heterocycles. The van der Waals surface area contributed by atoms with E-state index in [-0.39, 0.29) is 11.5 Å². The maximum absolute atomic E-state index is 11.5. The largest absolute Gasteiger partial charge is 0.392 e. The summed E-state index contributed by atoms with van der Waals surface area (Å²) < 4.78 is 0. The van der Waals surface area contributed by atoms with Gasteiger partial charge in [0.1, 0.15) is 0 Å². The fraction of sp³-hybridized carbons (Fsp3) is 0.786. The third-order valence-electron chi connectivity index (χ3n) is 8.79. The molecule has 170 valence electrons. The summed E-state index contributed by atoms with van der Waals surface area (Å²) in [6, 6.07) is 0. The zero-order valence-corrected chi connectivity index (χ0v) is 20.2. The molecule has 2 nitrogen and oxygen atoms in total. The van der Waals surface area contributed by atoms with E-state index in [4.69, 9.17) is 0 Å². The molecule has 0 bridgehead atoms. The Morgan fingerprint density at radius 2 is 1.97 bits per heavy atom. The van der Waals surface area contributed by atoms with Crippen molar-refractivity contribution in [1.29, 1.82) is 0 Å². The zero-order valence-electron chi connectivity index (χ0n) is 20.2. The van der Waals surface area contributed by atoms with Crippen LogP contribution in [-0.2, 0) is 0 Å². The van der Waals surface area contributed by atoms with E-state index in [9.17, 15) is 10.2 Å². The Balaban J connectivity index is 1.75. The van der Waals surface area contributed by atoms with Gasteiger partial charge in [0.25, 0.3) is 0 Å². The molecule has 3 rings (SSSR count). The summed E-state index contributed by atoms with van der Waals surface area (Å²) in [6.07, 6.45) is 15.3. The van der Waals surface area contributed by atoms with E-state index in [2.05, 4.69) is 53.3 Å². The molecule has 2 N–H and O–H groups in total. The Morgan fingerprint density at radius 1 is 1.23 bits per heavy atom. The highest BCUT2D eigenvalue weighted by Gasteiger charge is 2.54. The van der Waals surface area contributed by atoms with E-state index in [1.807, 2.05) is 0 Å². The molecular weight excluding hydrogens is 368 g/mol. The van der Waals surface area contributed by atoms with Crippen LogP contribution < -0.4 is 0 Å². The normalized spacial score (nSPS) is 39.5. The Kier molecular flexibility index (Phi) is 7.40. The predicted molar refractivity (Wildman–Crippen MR) is 127 cm³/mol. The molecule has 0 aliphatic heterocycles. The molecule has 0 saturated heterocycles. The Bertz CT molecular complexity index is 683. The molecule has 3 aliphatic rings. The van der Waals surface area contributed by atoms with E-state index in [1.165, 1.54) is 43.3 Å². The SMILES string of the molecule is C=C1C[C@@H](C)[C@H](O)C/C1=C/C=C1\CCC[C@@]2(C)[C@H]1CC[C@@H]2[C@@](C)(O)CCCC(C)C. The maximum Gasteiger partial charge on any atom is 0.0653 e. The number of hydrogen-bond donors (Lipinski definition) is 2. The zero-order chi connectivity index (χ0) is 22.1. The lowest BCUT2D eigenvalue weighted by molar-refractivity contribution is -0.0657. The van der Waals surface area contributed by atoms with E-state index in [0.717, 1.165) is 32.1 Å². The lowest BCUT2D eigenvalue weighted by Gasteiger charge is -2.47. The minimum Gasteiger partial charge on any atom is -0.392 e. The van der Waals surface area contributed by atoms with E-state index in [1.54, 1.807) is 5.57 Å². The average Bonchev–Trinajstić information content (AvgIpc) is 3.01. The molecule has 3 saturated carbocycles. The van der Waals surface area contributed by atoms with Crippen molar-refractivity contribution in [2.24, 2.45) is 29.1 Å². The first-order chi connectivity index (χ1) is 14.0. The molecular formula is C28H46O2. The van der Waals surface area contributed by atoms with Crippen LogP contribution in [0.5, 0.6) is 0 Å². The molecule has 0 amide bonds. The smallest absolute Gasteiger partial charge is 0.0653 e. The van der Waals surface area contributed by atoms with Gasteiger partial charge >= 0.3 is 0 Å². The van der Waals surface area contributed by atoms with Crippen molar-refractivity contribution in [2.75, 3.05) is 0 Å². The van der Waals surface area contributed by atoms with Crippen molar-refractivity contribution in [1.82, 2.24) is 0 Å². The van der Waals surface area contributed by atoms with Gasteiger partial charge in [0.05, 0.1) is 11.7 Å². The minimum absolute atomic E-state index is 0.210. The van der Waals surface area contributed by atoms with Crippen molar-refractivity contribution in [2.45, 2.75) is 111 Å². The molecule has 0 aromatic carbocycles. The van der Waals surface area contributed by atoms with Crippen LogP contribution in [0.1, 0.15) is 98.8 Å². The molecule has 3 fully saturated rings. The number of aliphatic hydroxyl groups excluding tert-OH is 1. The van der Waals surface area contributed by atoms with Gasteiger partial charge in [-0.15, -0.1) is 0 Å². The number of fused-ring (bicyclic) bond motifs is 1. The van der Waals surface area contributed by atoms with Crippen LogP contribution >= 0.6 is 0 Å². The molecule has 0 heterocycles. The van der Waals surface area contributed by atoms with Gasteiger partial charge in [0.15, 0.2) is 0 Å². The van der Waals surface area contributed by atoms with E-state index >= 15 is 0 Å². The van der Waals surface area contributed by atoms with Gasteiger partial charge in [-0.1, -0.05) is 70.4 Å². The van der Waals surface area contributed by atoms with Crippen molar-refractivity contribution in [3.8, 4) is 0 Å². The summed E-state index contributed by atoms with van der Waals surface area (Å²) in [4.78, 5) is 0. The summed E-state index contributed by atoms with van der Waals surface area (Å²) in [5, 5.41) is 21.8. The first kappa shape index (κ1) is 23.8. The van der Waals surface area contributed by atoms with Gasteiger partial charge in [-0.2, -0.15) is 0 Å². The van der Waals surface area contributed by atoms with Crippen LogP contribution in [0.4, 0.5) is 0 Å². The molecule has 0 unspecified atom stereocenters. The fourth-order valence-electron chi connectivity index (χ4n) is 6.92. The van der Waals surface area contributed by atoms with Gasteiger partial charge in [-0.3, -0.25) is 0 Å². The van der Waals surface area contributed by atoms with Gasteiger partial charge < -0.3 is 10.2 Å². The Labute approximate surface area is 185 Å². The number of allylic oxidation sites excluding steroid dienone is 4. The summed E-state index contributed by atoms with van der Waals surface area (Å²) in [5.41, 5.74) is 3.65. The number of rotatable bonds is 6. The van der Waals surface area contributed by atoms with Crippen LogP contribution in [-0.4, -0.2) is 21.9 Å². The third-order valence-corrected chi connectivity index (χ3v) is 8.79. The Hall–Kier alpha value is -0.860. The first-order valence-corrected chi connectivity index (χ1v) is 12.5. The number of aliphatic hydroxyl groups is 2. The molecule has 0 spiro atoms. The second-order valence-corrected chi connectivity index (χ2v) is 11.7. The summed E-state index contributed by atoms with van der Waals surface area (Å²) >= 11 is 0. The van der Waals surface area contributed by atoms with Crippen molar-refractivity contribution in [3.05, 3.63) is 35.5 Å². The van der Waals surface area contributed by atoms with Gasteiger partial charge in [-0.25, -0.2) is 0 Å². The topological polar surface area (TPSA) is 40.5 Å². The highest BCUT2D eigenvalue weighted by Crippen LogP contribution is 2.60. The monoisotopic (exact) mass is 414 g/mol. The molecule has 0 aromatic rings. The third kappa shape index (κ3) is 4.96. The maximum atomic E-state index is 11.5. The van der Waals surface area contributed by atoms with Gasteiger partial charge in [0, 0.05) is 0 Å². The number of hydrogen-bond acceptors (Lipinski definition) is 2. The fourth-order valence-corrected chi connectivity index (χ4v) is 6.92. The quantitative estimate of drug-likeness (QED) is 0.492. The predicted octanol–water partition coefficient (Wildman–Crippen LogP) is 6.98. The standard InChI is InChI=1S/C28H46O2/c1-19(2)9-7-16-28(6,30)26-14-13-24-22(10-8-15-27(24,26)5)11-12-23-18-25(29)21(4)17-20(23)3/h11-12,19,21,24-26,29-30H,3,7-10,13-18H2,1-2,4-6H3/b22-11+,23-12-/t21-,24+,25-,26+,27+,28+/m1/s1. The minimum atomic E-state index is -0.558. The first-order valence-electron chi connectivity index (χ1n) is 12.5. The van der Waals surface area contributed by atoms with Crippen LogP contribution in [0.3, 0.4) is 0 Å². The second-order valence-electron chi connectivity index (χ2n) is 11.7. The van der Waals surface area contributed by atoms with Crippen LogP contribution in [0.2, 0.25) is 0 Å². The summed E-state index contributed by atoms with van der Waals surface area (Å²) in [5.74, 6) is 2.01. The summed E-state index contributed by atoms with van der Waals surface area (Å²) in [7, 11) is 0. The van der Waals surface area contributed by atoms with Crippen LogP contribution in [0.15, 0.2) is 35.5 Å². The average molecular weight is 415 g/mol.